The summed E-state index contributed by atoms with van der Waals surface area (Å²) in [6, 6.07) is 5.33. The summed E-state index contributed by atoms with van der Waals surface area (Å²) in [5.41, 5.74) is 0.626. The van der Waals surface area contributed by atoms with Gasteiger partial charge in [-0.2, -0.15) is 0 Å². The molecule has 3 aliphatic heterocycles. The van der Waals surface area contributed by atoms with Crippen molar-refractivity contribution in [3.8, 4) is 11.5 Å². The van der Waals surface area contributed by atoms with Gasteiger partial charge in [-0.25, -0.2) is 4.79 Å². The molecule has 4 rings (SSSR count). The molecule has 0 bridgehead atoms. The Hall–Kier alpha value is -2.52. The predicted octanol–water partition coefficient (Wildman–Crippen LogP) is 0.994. The van der Waals surface area contributed by atoms with Gasteiger partial charge in [0.1, 0.15) is 0 Å². The van der Waals surface area contributed by atoms with Crippen molar-refractivity contribution in [2.45, 2.75) is 19.4 Å². The number of benzene rings is 1. The van der Waals surface area contributed by atoms with Gasteiger partial charge in [-0.3, -0.25) is 9.69 Å². The topological polar surface area (TPSA) is 83.6 Å². The number of rotatable bonds is 4. The lowest BCUT2D eigenvalue weighted by Gasteiger charge is -2.35. The van der Waals surface area contributed by atoms with Gasteiger partial charge in [0.2, 0.25) is 6.79 Å². The molecule has 0 saturated carbocycles. The summed E-state index contributed by atoms with van der Waals surface area (Å²) in [4.78, 5) is 31.1. The van der Waals surface area contributed by atoms with Crippen LogP contribution in [0.2, 0.25) is 0 Å². The molecule has 3 amide bonds. The number of nitrogens with zero attached hydrogens (tertiary/aromatic N) is 3. The van der Waals surface area contributed by atoms with Crippen molar-refractivity contribution < 1.29 is 23.8 Å². The van der Waals surface area contributed by atoms with Crippen LogP contribution in [-0.4, -0.2) is 98.5 Å². The monoisotopic (exact) mass is 418 g/mol. The SMILES string of the molecule is CCNC(=O)N1CCO[C@H](CN2CCCN(C(=O)c3ccc4c(c3)OCO4)CC2)C1. The molecule has 0 spiro atoms. The molecule has 2 fully saturated rings. The first-order valence-corrected chi connectivity index (χ1v) is 10.7. The molecule has 1 aromatic rings. The first-order chi connectivity index (χ1) is 14.6. The van der Waals surface area contributed by atoms with Crippen LogP contribution in [0.5, 0.6) is 11.5 Å². The number of carbonyl (C=O) groups excluding carboxylic acids is 2. The van der Waals surface area contributed by atoms with Crippen LogP contribution < -0.4 is 14.8 Å². The van der Waals surface area contributed by atoms with E-state index < -0.39 is 0 Å². The second-order valence-electron chi connectivity index (χ2n) is 7.79. The van der Waals surface area contributed by atoms with Crippen LogP contribution in [0.4, 0.5) is 4.79 Å². The van der Waals surface area contributed by atoms with Crippen molar-refractivity contribution in [2.75, 3.05) is 65.8 Å². The molecule has 30 heavy (non-hydrogen) atoms. The second kappa shape index (κ2) is 9.53. The van der Waals surface area contributed by atoms with Gasteiger partial charge in [0.25, 0.3) is 5.91 Å². The average molecular weight is 418 g/mol. The lowest BCUT2D eigenvalue weighted by atomic mass is 10.1. The summed E-state index contributed by atoms with van der Waals surface area (Å²) >= 11 is 0. The van der Waals surface area contributed by atoms with Crippen LogP contribution >= 0.6 is 0 Å². The molecule has 3 heterocycles. The number of nitrogens with one attached hydrogen (secondary N) is 1. The van der Waals surface area contributed by atoms with E-state index in [1.807, 2.05) is 16.7 Å². The van der Waals surface area contributed by atoms with E-state index in [0.717, 1.165) is 32.6 Å². The van der Waals surface area contributed by atoms with E-state index in [1.165, 1.54) is 0 Å². The first-order valence-electron chi connectivity index (χ1n) is 10.7. The van der Waals surface area contributed by atoms with Gasteiger partial charge < -0.3 is 29.3 Å². The van der Waals surface area contributed by atoms with Gasteiger partial charge in [0.05, 0.1) is 12.7 Å². The van der Waals surface area contributed by atoms with Crippen LogP contribution in [0, 0.1) is 0 Å². The maximum Gasteiger partial charge on any atom is 0.317 e. The maximum atomic E-state index is 13.0. The van der Waals surface area contributed by atoms with Crippen LogP contribution in [0.3, 0.4) is 0 Å². The Labute approximate surface area is 176 Å². The first kappa shape index (κ1) is 20.7. The molecule has 2 saturated heterocycles. The third-order valence-corrected chi connectivity index (χ3v) is 5.71. The number of fused-ring (bicyclic) bond motifs is 1. The van der Waals surface area contributed by atoms with Gasteiger partial charge >= 0.3 is 6.03 Å². The Morgan fingerprint density at radius 3 is 2.80 bits per heavy atom. The quantitative estimate of drug-likeness (QED) is 0.785. The summed E-state index contributed by atoms with van der Waals surface area (Å²) in [5, 5.41) is 2.86. The number of urea groups is 1. The van der Waals surface area contributed by atoms with Crippen molar-refractivity contribution in [1.82, 2.24) is 20.0 Å². The molecule has 0 aliphatic carbocycles. The minimum Gasteiger partial charge on any atom is -0.454 e. The number of hydrogen-bond donors (Lipinski definition) is 1. The molecule has 0 unspecified atom stereocenters. The fourth-order valence-electron chi connectivity index (χ4n) is 4.13. The van der Waals surface area contributed by atoms with Crippen molar-refractivity contribution >= 4 is 11.9 Å². The zero-order chi connectivity index (χ0) is 20.9. The smallest absolute Gasteiger partial charge is 0.317 e. The maximum absolute atomic E-state index is 13.0. The van der Waals surface area contributed by atoms with Crippen molar-refractivity contribution in [2.24, 2.45) is 0 Å². The molecule has 164 valence electrons. The van der Waals surface area contributed by atoms with Gasteiger partial charge in [-0.1, -0.05) is 0 Å². The molecule has 9 heteroatoms. The highest BCUT2D eigenvalue weighted by Crippen LogP contribution is 2.32. The summed E-state index contributed by atoms with van der Waals surface area (Å²) in [7, 11) is 0. The zero-order valence-corrected chi connectivity index (χ0v) is 17.5. The zero-order valence-electron chi connectivity index (χ0n) is 17.5. The molecule has 0 aromatic heterocycles. The fourth-order valence-corrected chi connectivity index (χ4v) is 4.13. The Bertz CT molecular complexity index is 774. The number of carbonyl (C=O) groups is 2. The van der Waals surface area contributed by atoms with E-state index in [-0.39, 0.29) is 24.8 Å². The van der Waals surface area contributed by atoms with Crippen LogP contribution in [0.1, 0.15) is 23.7 Å². The van der Waals surface area contributed by atoms with Gasteiger partial charge in [-0.05, 0) is 38.1 Å². The summed E-state index contributed by atoms with van der Waals surface area (Å²) < 4.78 is 16.6. The summed E-state index contributed by atoms with van der Waals surface area (Å²) in [6.07, 6.45) is 0.903. The second-order valence-corrected chi connectivity index (χ2v) is 7.79. The third kappa shape index (κ3) is 4.79. The Balaban J connectivity index is 1.29. The van der Waals surface area contributed by atoms with Crippen LogP contribution in [0.25, 0.3) is 0 Å². The normalized spacial score (nSPS) is 22.0. The largest absolute Gasteiger partial charge is 0.454 e. The van der Waals surface area contributed by atoms with Gasteiger partial charge in [0.15, 0.2) is 11.5 Å². The lowest BCUT2D eigenvalue weighted by Crippen LogP contribution is -2.52. The van der Waals surface area contributed by atoms with E-state index >= 15 is 0 Å². The van der Waals surface area contributed by atoms with Crippen LogP contribution in [0.15, 0.2) is 18.2 Å². The Morgan fingerprint density at radius 2 is 1.93 bits per heavy atom. The van der Waals surface area contributed by atoms with Crippen LogP contribution in [-0.2, 0) is 4.74 Å². The average Bonchev–Trinajstić information content (AvgIpc) is 3.11. The molecule has 0 radical (unpaired) electrons. The summed E-state index contributed by atoms with van der Waals surface area (Å²) in [5.74, 6) is 1.33. The molecular weight excluding hydrogens is 388 g/mol. The van der Waals surface area contributed by atoms with E-state index in [1.54, 1.807) is 18.2 Å². The molecule has 1 aromatic carbocycles. The number of hydrogen-bond acceptors (Lipinski definition) is 6. The Morgan fingerprint density at radius 1 is 1.07 bits per heavy atom. The molecule has 3 aliphatic rings. The summed E-state index contributed by atoms with van der Waals surface area (Å²) in [6.45, 7) is 8.38. The van der Waals surface area contributed by atoms with E-state index in [9.17, 15) is 9.59 Å². The number of ether oxygens (including phenoxy) is 3. The Kier molecular flexibility index (Phi) is 6.59. The predicted molar refractivity (Wildman–Crippen MR) is 110 cm³/mol. The van der Waals surface area contributed by atoms with Gasteiger partial charge in [0, 0.05) is 51.4 Å². The highest BCUT2D eigenvalue weighted by atomic mass is 16.7. The van der Waals surface area contributed by atoms with Crippen molar-refractivity contribution in [3.63, 3.8) is 0 Å². The highest BCUT2D eigenvalue weighted by molar-refractivity contribution is 5.95. The standard InChI is InChI=1S/C21H30N4O5/c1-2-22-21(27)25-10-11-28-17(14-25)13-23-6-3-7-24(9-8-23)20(26)16-4-5-18-19(12-16)30-15-29-18/h4-5,12,17H,2-3,6-11,13-15H2,1H3,(H,22,27)/t17-/m1/s1. The number of morpholine rings is 1. The molecule has 1 atom stereocenters. The molecular formula is C21H30N4O5. The van der Waals surface area contributed by atoms with Gasteiger partial charge in [-0.15, -0.1) is 0 Å². The minimum atomic E-state index is -0.0258. The highest BCUT2D eigenvalue weighted by Gasteiger charge is 2.28. The third-order valence-electron chi connectivity index (χ3n) is 5.71. The van der Waals surface area contributed by atoms with Crippen molar-refractivity contribution in [3.05, 3.63) is 23.8 Å². The minimum absolute atomic E-state index is 0.00235. The fraction of sp³-hybridized carbons (Fsp3) is 0.619. The molecule has 9 nitrogen and oxygen atoms in total. The number of amides is 3. The lowest BCUT2D eigenvalue weighted by molar-refractivity contribution is -0.0298. The van der Waals surface area contributed by atoms with E-state index in [2.05, 4.69) is 10.2 Å². The van der Waals surface area contributed by atoms with Crippen molar-refractivity contribution in [1.29, 1.82) is 0 Å². The molecule has 1 N–H and O–H groups in total. The van der Waals surface area contributed by atoms with E-state index in [4.69, 9.17) is 14.2 Å². The van der Waals surface area contributed by atoms with E-state index in [0.29, 0.717) is 49.8 Å².